The molecule has 3 rings (SSSR count). The highest BCUT2D eigenvalue weighted by atomic mass is 16.5. The van der Waals surface area contributed by atoms with Gasteiger partial charge in [0.05, 0.1) is 13.0 Å². The number of hydrogen-bond donors (Lipinski definition) is 4. The third kappa shape index (κ3) is 5.63. The van der Waals surface area contributed by atoms with Crippen LogP contribution < -0.4 is 16.4 Å². The molecular formula is C25H28N4O3. The van der Waals surface area contributed by atoms with Gasteiger partial charge in [0.25, 0.3) is 5.91 Å². The molecule has 2 aromatic carbocycles. The molecule has 2 aromatic rings. The first-order valence-corrected chi connectivity index (χ1v) is 10.4. The summed E-state index contributed by atoms with van der Waals surface area (Å²) in [5.74, 6) is -1.30. The Morgan fingerprint density at radius 2 is 1.94 bits per heavy atom. The Morgan fingerprint density at radius 1 is 1.19 bits per heavy atom. The Balaban J connectivity index is 1.71. The molecule has 0 fully saturated rings. The van der Waals surface area contributed by atoms with Gasteiger partial charge in [-0.05, 0) is 60.5 Å². The number of nitrogen functional groups attached to an aromatic ring is 1. The fourth-order valence-electron chi connectivity index (χ4n) is 3.61. The highest BCUT2D eigenvalue weighted by molar-refractivity contribution is 5.95. The number of benzene rings is 2. The number of nitrogens with one attached hydrogen (secondary N) is 3. The molecule has 7 heteroatoms. The number of methoxy groups -OCH3 is 1. The van der Waals surface area contributed by atoms with Gasteiger partial charge in [0.2, 0.25) is 0 Å². The van der Waals surface area contributed by atoms with Crippen molar-refractivity contribution in [3.8, 4) is 0 Å². The molecular weight excluding hydrogens is 404 g/mol. The van der Waals surface area contributed by atoms with Gasteiger partial charge in [-0.25, -0.2) is 0 Å². The van der Waals surface area contributed by atoms with Crippen LogP contribution in [-0.2, 0) is 16.0 Å². The number of carbonyl (C=O) groups excluding carboxylic acids is 2. The van der Waals surface area contributed by atoms with Crippen LogP contribution in [0.2, 0.25) is 0 Å². The van der Waals surface area contributed by atoms with E-state index in [0.29, 0.717) is 17.5 Å². The molecule has 1 aliphatic rings. The van der Waals surface area contributed by atoms with Gasteiger partial charge in [-0.2, -0.15) is 0 Å². The first-order chi connectivity index (χ1) is 15.4. The molecule has 0 radical (unpaired) electrons. The van der Waals surface area contributed by atoms with E-state index >= 15 is 0 Å². The first-order valence-electron chi connectivity index (χ1n) is 10.4. The van der Waals surface area contributed by atoms with E-state index in [-0.39, 0.29) is 11.7 Å². The van der Waals surface area contributed by atoms with Crippen molar-refractivity contribution in [2.45, 2.75) is 19.4 Å². The number of ether oxygens (including phenoxy) is 1. The largest absolute Gasteiger partial charge is 0.469 e. The molecule has 166 valence electrons. The van der Waals surface area contributed by atoms with E-state index in [1.54, 1.807) is 37.3 Å². The average Bonchev–Trinajstić information content (AvgIpc) is 2.82. The van der Waals surface area contributed by atoms with Crippen LogP contribution in [0.3, 0.4) is 0 Å². The summed E-state index contributed by atoms with van der Waals surface area (Å²) in [6.07, 6.45) is 6.32. The average molecular weight is 433 g/mol. The van der Waals surface area contributed by atoms with Crippen molar-refractivity contribution < 1.29 is 14.3 Å². The molecule has 32 heavy (non-hydrogen) atoms. The summed E-state index contributed by atoms with van der Waals surface area (Å²) in [5.41, 5.74) is 9.64. The number of esters is 1. The summed E-state index contributed by atoms with van der Waals surface area (Å²) in [7, 11) is 1.33. The molecule has 0 aliphatic carbocycles. The Bertz CT molecular complexity index is 1060. The Hall–Kier alpha value is -3.87. The topological polar surface area (TPSA) is 117 Å². The summed E-state index contributed by atoms with van der Waals surface area (Å²) in [6, 6.07) is 14.1. The van der Waals surface area contributed by atoms with E-state index in [1.807, 2.05) is 30.5 Å². The minimum atomic E-state index is -0.588. The Labute approximate surface area is 187 Å². The van der Waals surface area contributed by atoms with Crippen molar-refractivity contribution in [2.75, 3.05) is 13.7 Å². The fraction of sp³-hybridized carbons (Fsp3) is 0.240. The van der Waals surface area contributed by atoms with Crippen LogP contribution in [0.4, 0.5) is 0 Å². The summed E-state index contributed by atoms with van der Waals surface area (Å²) >= 11 is 0. The second-order valence-electron chi connectivity index (χ2n) is 7.69. The van der Waals surface area contributed by atoms with Crippen LogP contribution in [0.25, 0.3) is 5.57 Å². The van der Waals surface area contributed by atoms with Crippen LogP contribution in [0.5, 0.6) is 0 Å². The van der Waals surface area contributed by atoms with Gasteiger partial charge in [0.15, 0.2) is 0 Å². The van der Waals surface area contributed by atoms with Gasteiger partial charge >= 0.3 is 5.97 Å². The monoisotopic (exact) mass is 432 g/mol. The van der Waals surface area contributed by atoms with Crippen LogP contribution in [0, 0.1) is 11.3 Å². The van der Waals surface area contributed by atoms with Gasteiger partial charge in [0, 0.05) is 23.7 Å². The minimum absolute atomic E-state index is 0.0398. The van der Waals surface area contributed by atoms with Crippen LogP contribution in [0.1, 0.15) is 34.0 Å². The molecule has 1 amide bonds. The third-order valence-electron chi connectivity index (χ3n) is 5.46. The van der Waals surface area contributed by atoms with E-state index in [9.17, 15) is 9.59 Å². The van der Waals surface area contributed by atoms with Crippen molar-refractivity contribution in [1.29, 1.82) is 5.41 Å². The molecule has 0 saturated heterocycles. The van der Waals surface area contributed by atoms with Gasteiger partial charge in [0.1, 0.15) is 5.84 Å². The summed E-state index contributed by atoms with van der Waals surface area (Å²) in [5, 5.41) is 13.6. The number of carbonyl (C=O) groups is 2. The Morgan fingerprint density at radius 3 is 2.56 bits per heavy atom. The maximum Gasteiger partial charge on any atom is 0.311 e. The summed E-state index contributed by atoms with van der Waals surface area (Å²) in [6.45, 7) is 2.56. The second-order valence-corrected chi connectivity index (χ2v) is 7.69. The van der Waals surface area contributed by atoms with Crippen molar-refractivity contribution in [3.63, 3.8) is 0 Å². The number of allylic oxidation sites excluding steroid dienone is 2. The fourth-order valence-corrected chi connectivity index (χ4v) is 3.61. The molecule has 0 aromatic heterocycles. The minimum Gasteiger partial charge on any atom is -0.469 e. The highest BCUT2D eigenvalue weighted by Crippen LogP contribution is 2.19. The van der Waals surface area contributed by atoms with E-state index in [1.165, 1.54) is 7.11 Å². The zero-order valence-corrected chi connectivity index (χ0v) is 18.2. The quantitative estimate of drug-likeness (QED) is 0.291. The zero-order valence-electron chi connectivity index (χ0n) is 18.2. The SMILES string of the molecule is COC(=O)[C@H](Cc1cccc(C(=N)N)c1)[C@@H](C)NC(=O)c1ccc(C2=CCNC=C2)cc1. The zero-order chi connectivity index (χ0) is 23.1. The Kier molecular flexibility index (Phi) is 7.44. The predicted molar refractivity (Wildman–Crippen MR) is 125 cm³/mol. The summed E-state index contributed by atoms with van der Waals surface area (Å²) < 4.78 is 4.98. The molecule has 1 aliphatic heterocycles. The van der Waals surface area contributed by atoms with Gasteiger partial charge in [-0.3, -0.25) is 15.0 Å². The van der Waals surface area contributed by atoms with E-state index in [4.69, 9.17) is 15.9 Å². The molecule has 1 heterocycles. The number of amides is 1. The smallest absolute Gasteiger partial charge is 0.311 e. The molecule has 7 nitrogen and oxygen atoms in total. The van der Waals surface area contributed by atoms with Crippen molar-refractivity contribution in [1.82, 2.24) is 10.6 Å². The van der Waals surface area contributed by atoms with Gasteiger partial charge < -0.3 is 21.1 Å². The number of dihydropyridines is 1. The highest BCUT2D eigenvalue weighted by Gasteiger charge is 2.28. The molecule has 5 N–H and O–H groups in total. The third-order valence-corrected chi connectivity index (χ3v) is 5.46. The number of nitrogens with two attached hydrogens (primary N) is 1. The van der Waals surface area contributed by atoms with Gasteiger partial charge in [-0.1, -0.05) is 36.4 Å². The van der Waals surface area contributed by atoms with Crippen molar-refractivity contribution in [2.24, 2.45) is 11.7 Å². The predicted octanol–water partition coefficient (Wildman–Crippen LogP) is 2.62. The molecule has 0 unspecified atom stereocenters. The standard InChI is InChI=1S/C25H28N4O3/c1-16(22(25(31)32-2)15-17-4-3-5-21(14-17)23(26)27)29-24(30)20-8-6-18(7-9-20)19-10-12-28-13-11-19/h3-12,14,16,22,28H,13,15H2,1-2H3,(H3,26,27)(H,29,30)/t16-,22-/m1/s1. The van der Waals surface area contributed by atoms with Crippen LogP contribution in [0.15, 0.2) is 66.9 Å². The normalized spacial score (nSPS) is 14.5. The van der Waals surface area contributed by atoms with Crippen molar-refractivity contribution >= 4 is 23.3 Å². The van der Waals surface area contributed by atoms with E-state index < -0.39 is 17.9 Å². The molecule has 2 atom stereocenters. The van der Waals surface area contributed by atoms with Crippen LogP contribution in [-0.4, -0.2) is 37.4 Å². The lowest BCUT2D eigenvalue weighted by Crippen LogP contribution is -2.42. The number of rotatable bonds is 8. The lowest BCUT2D eigenvalue weighted by molar-refractivity contribution is -0.146. The maximum absolute atomic E-state index is 12.8. The van der Waals surface area contributed by atoms with E-state index in [2.05, 4.69) is 16.7 Å². The number of amidine groups is 1. The molecule has 0 bridgehead atoms. The summed E-state index contributed by atoms with van der Waals surface area (Å²) in [4.78, 5) is 25.3. The molecule has 0 spiro atoms. The maximum atomic E-state index is 12.8. The lowest BCUT2D eigenvalue weighted by Gasteiger charge is -2.23. The molecule has 0 saturated carbocycles. The van der Waals surface area contributed by atoms with Gasteiger partial charge in [-0.15, -0.1) is 0 Å². The first kappa shape index (κ1) is 22.8. The second kappa shape index (κ2) is 10.4. The van der Waals surface area contributed by atoms with Crippen LogP contribution >= 0.6 is 0 Å². The van der Waals surface area contributed by atoms with Crippen molar-refractivity contribution in [3.05, 3.63) is 89.1 Å². The number of hydrogen-bond acceptors (Lipinski definition) is 5. The lowest BCUT2D eigenvalue weighted by atomic mass is 9.92. The van der Waals surface area contributed by atoms with E-state index in [0.717, 1.165) is 23.2 Å².